The van der Waals surface area contributed by atoms with E-state index in [4.69, 9.17) is 20.9 Å². The molecule has 1 aliphatic rings. The summed E-state index contributed by atoms with van der Waals surface area (Å²) in [6.07, 6.45) is 7.54. The summed E-state index contributed by atoms with van der Waals surface area (Å²) in [5.74, 6) is 4.31. The van der Waals surface area contributed by atoms with E-state index in [0.717, 1.165) is 45.8 Å². The normalized spacial score (nSPS) is 15.8. The molecular formula is C24H21N3O2. The van der Waals surface area contributed by atoms with Gasteiger partial charge in [0.25, 0.3) is 0 Å². The standard InChI is InChI=1S/C24H21N3O2/c1-4-16-9-10-19-18(22(16)28-3)13-20(25-19)21-14-27-11-12-29-23(24(27)26-21)17-8-6-5-7-15(17)2/h1,5-10,13-14,23,25H,11-12H2,2-3H3. The molecule has 5 nitrogen and oxygen atoms in total. The molecule has 0 aliphatic carbocycles. The van der Waals surface area contributed by atoms with Crippen LogP contribution in [0.3, 0.4) is 0 Å². The summed E-state index contributed by atoms with van der Waals surface area (Å²) in [5.41, 5.74) is 5.87. The fraction of sp³-hybridized carbons (Fsp3) is 0.208. The van der Waals surface area contributed by atoms with Crippen LogP contribution in [-0.4, -0.2) is 28.3 Å². The summed E-state index contributed by atoms with van der Waals surface area (Å²) >= 11 is 0. The molecule has 0 fully saturated rings. The lowest BCUT2D eigenvalue weighted by Gasteiger charge is -2.25. The SMILES string of the molecule is C#Cc1ccc2[nH]c(-c3cn4c(n3)C(c3ccccc3C)OCC4)cc2c1OC. The van der Waals surface area contributed by atoms with Crippen LogP contribution in [0.15, 0.2) is 48.7 Å². The van der Waals surface area contributed by atoms with Crippen molar-refractivity contribution in [2.75, 3.05) is 13.7 Å². The van der Waals surface area contributed by atoms with Crippen molar-refractivity contribution in [1.82, 2.24) is 14.5 Å². The molecule has 3 heterocycles. The fourth-order valence-corrected chi connectivity index (χ4v) is 4.05. The van der Waals surface area contributed by atoms with E-state index >= 15 is 0 Å². The van der Waals surface area contributed by atoms with Gasteiger partial charge in [-0.15, -0.1) is 6.42 Å². The highest BCUT2D eigenvalue weighted by molar-refractivity contribution is 5.92. The fourth-order valence-electron chi connectivity index (χ4n) is 4.05. The smallest absolute Gasteiger partial charge is 0.143 e. The molecule has 0 radical (unpaired) electrons. The highest BCUT2D eigenvalue weighted by atomic mass is 16.5. The summed E-state index contributed by atoms with van der Waals surface area (Å²) in [6.45, 7) is 3.55. The number of benzene rings is 2. The molecule has 1 atom stereocenters. The summed E-state index contributed by atoms with van der Waals surface area (Å²) in [5, 5.41) is 0.954. The summed E-state index contributed by atoms with van der Waals surface area (Å²) in [7, 11) is 1.64. The zero-order chi connectivity index (χ0) is 20.0. The lowest BCUT2D eigenvalue weighted by Crippen LogP contribution is -2.22. The zero-order valence-electron chi connectivity index (χ0n) is 16.4. The highest BCUT2D eigenvalue weighted by Gasteiger charge is 2.27. The minimum Gasteiger partial charge on any atom is -0.495 e. The Balaban J connectivity index is 1.61. The minimum atomic E-state index is -0.161. The number of aryl methyl sites for hydroxylation is 1. The van der Waals surface area contributed by atoms with E-state index in [9.17, 15) is 0 Å². The number of nitrogens with zero attached hydrogens (tertiary/aromatic N) is 2. The lowest BCUT2D eigenvalue weighted by molar-refractivity contribution is 0.0426. The first-order chi connectivity index (χ1) is 14.2. The van der Waals surface area contributed by atoms with Crippen LogP contribution in [0.4, 0.5) is 0 Å². The molecule has 2 aromatic carbocycles. The maximum atomic E-state index is 6.11. The molecule has 1 N–H and O–H groups in total. The van der Waals surface area contributed by atoms with E-state index in [1.165, 1.54) is 5.56 Å². The van der Waals surface area contributed by atoms with Gasteiger partial charge in [0.15, 0.2) is 0 Å². The largest absolute Gasteiger partial charge is 0.495 e. The second-order valence-electron chi connectivity index (χ2n) is 7.22. The maximum absolute atomic E-state index is 6.11. The van der Waals surface area contributed by atoms with Gasteiger partial charge < -0.3 is 19.0 Å². The lowest BCUT2D eigenvalue weighted by atomic mass is 10.0. The first-order valence-electron chi connectivity index (χ1n) is 9.60. The van der Waals surface area contributed by atoms with E-state index in [-0.39, 0.29) is 6.10 Å². The number of hydrogen-bond acceptors (Lipinski definition) is 3. The molecule has 0 saturated carbocycles. The average molecular weight is 383 g/mol. The summed E-state index contributed by atoms with van der Waals surface area (Å²) in [6, 6.07) is 14.2. The second-order valence-corrected chi connectivity index (χ2v) is 7.22. The van der Waals surface area contributed by atoms with Crippen molar-refractivity contribution in [3.8, 4) is 29.5 Å². The van der Waals surface area contributed by atoms with E-state index in [2.05, 4.69) is 40.7 Å². The van der Waals surface area contributed by atoms with Gasteiger partial charge in [0, 0.05) is 23.6 Å². The van der Waals surface area contributed by atoms with Gasteiger partial charge in [0.2, 0.25) is 0 Å². The number of fused-ring (bicyclic) bond motifs is 2. The Hall–Kier alpha value is -3.49. The van der Waals surface area contributed by atoms with Gasteiger partial charge in [0.1, 0.15) is 23.4 Å². The first-order valence-corrected chi connectivity index (χ1v) is 9.60. The van der Waals surface area contributed by atoms with Gasteiger partial charge in [-0.3, -0.25) is 0 Å². The Morgan fingerprint density at radius 1 is 1.28 bits per heavy atom. The molecule has 4 aromatic rings. The van der Waals surface area contributed by atoms with Crippen LogP contribution in [0, 0.1) is 19.3 Å². The van der Waals surface area contributed by atoms with Gasteiger partial charge in [-0.1, -0.05) is 30.2 Å². The average Bonchev–Trinajstić information content (AvgIpc) is 3.37. The highest BCUT2D eigenvalue weighted by Crippen LogP contribution is 2.35. The van der Waals surface area contributed by atoms with Crippen LogP contribution in [-0.2, 0) is 11.3 Å². The molecule has 29 heavy (non-hydrogen) atoms. The van der Waals surface area contributed by atoms with Crippen molar-refractivity contribution in [3.05, 3.63) is 71.2 Å². The molecule has 144 valence electrons. The predicted molar refractivity (Wildman–Crippen MR) is 113 cm³/mol. The second kappa shape index (κ2) is 6.84. The number of rotatable bonds is 3. The summed E-state index contributed by atoms with van der Waals surface area (Å²) in [4.78, 5) is 8.39. The first kappa shape index (κ1) is 17.6. The molecule has 5 rings (SSSR count). The molecule has 1 aliphatic heterocycles. The molecule has 1 unspecified atom stereocenters. The van der Waals surface area contributed by atoms with Gasteiger partial charge >= 0.3 is 0 Å². The van der Waals surface area contributed by atoms with Gasteiger partial charge in [0.05, 0.1) is 25.0 Å². The number of methoxy groups -OCH3 is 1. The van der Waals surface area contributed by atoms with Crippen molar-refractivity contribution in [2.24, 2.45) is 0 Å². The van der Waals surface area contributed by atoms with Crippen LogP contribution < -0.4 is 4.74 Å². The van der Waals surface area contributed by atoms with E-state index in [0.29, 0.717) is 12.4 Å². The number of aromatic nitrogens is 3. The molecule has 0 spiro atoms. The van der Waals surface area contributed by atoms with Crippen molar-refractivity contribution in [2.45, 2.75) is 19.6 Å². The van der Waals surface area contributed by atoms with E-state index < -0.39 is 0 Å². The topological polar surface area (TPSA) is 52.1 Å². The maximum Gasteiger partial charge on any atom is 0.143 e. The Bertz CT molecular complexity index is 1260. The van der Waals surface area contributed by atoms with Crippen LogP contribution in [0.25, 0.3) is 22.3 Å². The number of nitrogens with one attached hydrogen (secondary N) is 1. The third-order valence-corrected chi connectivity index (χ3v) is 5.52. The van der Waals surface area contributed by atoms with Crippen molar-refractivity contribution >= 4 is 10.9 Å². The summed E-state index contributed by atoms with van der Waals surface area (Å²) < 4.78 is 13.9. The van der Waals surface area contributed by atoms with Crippen molar-refractivity contribution in [1.29, 1.82) is 0 Å². The zero-order valence-corrected chi connectivity index (χ0v) is 16.4. The van der Waals surface area contributed by atoms with Gasteiger partial charge in [-0.05, 0) is 36.2 Å². The third-order valence-electron chi connectivity index (χ3n) is 5.52. The van der Waals surface area contributed by atoms with Crippen LogP contribution in [0.2, 0.25) is 0 Å². The van der Waals surface area contributed by atoms with Gasteiger partial charge in [-0.25, -0.2) is 4.98 Å². The van der Waals surface area contributed by atoms with Crippen molar-refractivity contribution in [3.63, 3.8) is 0 Å². The Morgan fingerprint density at radius 3 is 2.93 bits per heavy atom. The number of terminal acetylenes is 1. The molecular weight excluding hydrogens is 362 g/mol. The monoisotopic (exact) mass is 383 g/mol. The molecule has 0 bridgehead atoms. The number of H-pyrrole nitrogens is 1. The van der Waals surface area contributed by atoms with Crippen LogP contribution in [0.5, 0.6) is 5.75 Å². The molecule has 2 aromatic heterocycles. The number of ether oxygens (including phenoxy) is 2. The minimum absolute atomic E-state index is 0.161. The van der Waals surface area contributed by atoms with Crippen LogP contribution in [0.1, 0.15) is 28.6 Å². The van der Waals surface area contributed by atoms with E-state index in [1.807, 2.05) is 30.3 Å². The molecule has 5 heteroatoms. The third kappa shape index (κ3) is 2.81. The Labute approximate surface area is 169 Å². The number of aromatic amines is 1. The van der Waals surface area contributed by atoms with Gasteiger partial charge in [-0.2, -0.15) is 0 Å². The Kier molecular flexibility index (Phi) is 4.15. The Morgan fingerprint density at radius 2 is 2.14 bits per heavy atom. The number of hydrogen-bond donors (Lipinski definition) is 1. The predicted octanol–water partition coefficient (Wildman–Crippen LogP) is 4.45. The molecule has 0 saturated heterocycles. The quantitative estimate of drug-likeness (QED) is 0.532. The number of imidazole rings is 1. The van der Waals surface area contributed by atoms with E-state index in [1.54, 1.807) is 7.11 Å². The van der Waals surface area contributed by atoms with Crippen LogP contribution >= 0.6 is 0 Å². The van der Waals surface area contributed by atoms with Crippen molar-refractivity contribution < 1.29 is 9.47 Å². The molecule has 0 amide bonds.